The summed E-state index contributed by atoms with van der Waals surface area (Å²) in [4.78, 5) is 24.9. The van der Waals surface area contributed by atoms with Crippen molar-refractivity contribution >= 4 is 12.0 Å². The van der Waals surface area contributed by atoms with Crippen molar-refractivity contribution < 1.29 is 14.7 Å². The third kappa shape index (κ3) is 5.36. The zero-order chi connectivity index (χ0) is 15.2. The lowest BCUT2D eigenvalue weighted by molar-refractivity contribution is -0.141. The van der Waals surface area contributed by atoms with Gasteiger partial charge in [-0.15, -0.1) is 0 Å². The van der Waals surface area contributed by atoms with Gasteiger partial charge in [0.1, 0.15) is 0 Å². The number of rotatable bonds is 6. The number of carboxylic acids is 1. The van der Waals surface area contributed by atoms with Gasteiger partial charge in [-0.2, -0.15) is 0 Å². The molecule has 1 rings (SSSR count). The van der Waals surface area contributed by atoms with E-state index >= 15 is 0 Å². The molecule has 116 valence electrons. The fraction of sp³-hybridized carbons (Fsp3) is 0.857. The van der Waals surface area contributed by atoms with E-state index < -0.39 is 11.9 Å². The maximum Gasteiger partial charge on any atom is 0.314 e. The van der Waals surface area contributed by atoms with Crippen LogP contribution in [-0.4, -0.2) is 55.2 Å². The van der Waals surface area contributed by atoms with Gasteiger partial charge in [-0.05, 0) is 44.8 Å². The first kappa shape index (κ1) is 16.8. The minimum atomic E-state index is -0.866. The number of likely N-dealkylation sites (tertiary alicyclic amines) is 1. The quantitative estimate of drug-likeness (QED) is 0.683. The Labute approximate surface area is 120 Å². The summed E-state index contributed by atoms with van der Waals surface area (Å²) in [6.45, 7) is 6.91. The molecule has 1 atom stereocenters. The summed E-state index contributed by atoms with van der Waals surface area (Å²) in [5, 5.41) is 14.4. The van der Waals surface area contributed by atoms with Crippen molar-refractivity contribution in [2.75, 3.05) is 33.2 Å². The Kier molecular flexibility index (Phi) is 6.26. The fourth-order valence-corrected chi connectivity index (χ4v) is 2.31. The van der Waals surface area contributed by atoms with Crippen molar-refractivity contribution in [1.82, 2.24) is 15.5 Å². The molecule has 0 aromatic rings. The maximum atomic E-state index is 11.7. The Balaban J connectivity index is 2.27. The number of hydrogen-bond donors (Lipinski definition) is 3. The summed E-state index contributed by atoms with van der Waals surface area (Å²) in [6, 6.07) is -0.273. The summed E-state index contributed by atoms with van der Waals surface area (Å²) >= 11 is 0. The first-order chi connectivity index (χ1) is 9.36. The van der Waals surface area contributed by atoms with Crippen LogP contribution in [0.4, 0.5) is 4.79 Å². The van der Waals surface area contributed by atoms with E-state index in [-0.39, 0.29) is 18.0 Å². The molecule has 0 bridgehead atoms. The molecule has 1 unspecified atom stereocenters. The third-order valence-corrected chi connectivity index (χ3v) is 4.22. The van der Waals surface area contributed by atoms with E-state index in [1.54, 1.807) is 6.92 Å². The molecule has 1 fully saturated rings. The Morgan fingerprint density at radius 2 is 1.90 bits per heavy atom. The van der Waals surface area contributed by atoms with Gasteiger partial charge in [-0.25, -0.2) is 4.79 Å². The molecule has 1 saturated heterocycles. The van der Waals surface area contributed by atoms with Crippen LogP contribution in [0.2, 0.25) is 0 Å². The van der Waals surface area contributed by atoms with Crippen LogP contribution in [0.5, 0.6) is 0 Å². The molecule has 0 saturated carbocycles. The topological polar surface area (TPSA) is 81.7 Å². The molecule has 1 aliphatic heterocycles. The molecule has 1 aliphatic rings. The van der Waals surface area contributed by atoms with E-state index in [2.05, 4.69) is 29.5 Å². The highest BCUT2D eigenvalue weighted by Gasteiger charge is 2.29. The van der Waals surface area contributed by atoms with Crippen molar-refractivity contribution in [2.24, 2.45) is 11.3 Å². The van der Waals surface area contributed by atoms with Gasteiger partial charge in [0.2, 0.25) is 0 Å². The minimum Gasteiger partial charge on any atom is -0.481 e. The Morgan fingerprint density at radius 3 is 2.40 bits per heavy atom. The number of carbonyl (C=O) groups excluding carboxylic acids is 1. The lowest BCUT2D eigenvalue weighted by Gasteiger charge is -2.37. The highest BCUT2D eigenvalue weighted by molar-refractivity contribution is 5.75. The highest BCUT2D eigenvalue weighted by Crippen LogP contribution is 2.29. The molecule has 0 aliphatic carbocycles. The van der Waals surface area contributed by atoms with Crippen LogP contribution < -0.4 is 10.6 Å². The molecule has 6 heteroatoms. The van der Waals surface area contributed by atoms with Crippen molar-refractivity contribution in [3.63, 3.8) is 0 Å². The summed E-state index contributed by atoms with van der Waals surface area (Å²) in [5.74, 6) is -1.38. The number of hydrogen-bond acceptors (Lipinski definition) is 3. The molecule has 20 heavy (non-hydrogen) atoms. The van der Waals surface area contributed by atoms with E-state index in [1.165, 1.54) is 0 Å². The first-order valence-corrected chi connectivity index (χ1v) is 7.29. The van der Waals surface area contributed by atoms with Crippen LogP contribution >= 0.6 is 0 Å². The Morgan fingerprint density at radius 1 is 1.30 bits per heavy atom. The van der Waals surface area contributed by atoms with Crippen LogP contribution in [0, 0.1) is 11.3 Å². The van der Waals surface area contributed by atoms with E-state index in [0.717, 1.165) is 25.9 Å². The minimum absolute atomic E-state index is 0.140. The number of carbonyl (C=O) groups is 2. The van der Waals surface area contributed by atoms with Gasteiger partial charge < -0.3 is 20.6 Å². The molecule has 3 N–H and O–H groups in total. The SMILES string of the molecule is CCC(CNC(=O)NCC1(C)CCN(C)CC1)C(=O)O. The largest absolute Gasteiger partial charge is 0.481 e. The zero-order valence-electron chi connectivity index (χ0n) is 12.7. The smallest absolute Gasteiger partial charge is 0.314 e. The second-order valence-corrected chi connectivity index (χ2v) is 6.12. The third-order valence-electron chi connectivity index (χ3n) is 4.22. The van der Waals surface area contributed by atoms with Crippen LogP contribution in [0.25, 0.3) is 0 Å². The number of aliphatic carboxylic acids is 1. The number of nitrogens with zero attached hydrogens (tertiary/aromatic N) is 1. The Bertz CT molecular complexity index is 339. The molecule has 0 spiro atoms. The van der Waals surface area contributed by atoms with Crippen molar-refractivity contribution in [1.29, 1.82) is 0 Å². The van der Waals surface area contributed by atoms with Crippen molar-refractivity contribution in [3.05, 3.63) is 0 Å². The maximum absolute atomic E-state index is 11.7. The monoisotopic (exact) mass is 285 g/mol. The van der Waals surface area contributed by atoms with Gasteiger partial charge in [0.15, 0.2) is 0 Å². The van der Waals surface area contributed by atoms with Crippen LogP contribution in [0.3, 0.4) is 0 Å². The number of piperidine rings is 1. The molecule has 0 radical (unpaired) electrons. The average Bonchev–Trinajstić information content (AvgIpc) is 2.41. The fourth-order valence-electron chi connectivity index (χ4n) is 2.31. The van der Waals surface area contributed by atoms with Gasteiger partial charge in [0.05, 0.1) is 5.92 Å². The zero-order valence-corrected chi connectivity index (χ0v) is 12.7. The van der Waals surface area contributed by atoms with E-state index in [1.807, 2.05) is 0 Å². The molecule has 6 nitrogen and oxygen atoms in total. The summed E-state index contributed by atoms with van der Waals surface area (Å²) in [5.41, 5.74) is 0.140. The summed E-state index contributed by atoms with van der Waals surface area (Å²) in [6.07, 6.45) is 2.65. The van der Waals surface area contributed by atoms with Gasteiger partial charge in [0, 0.05) is 13.1 Å². The predicted octanol–water partition coefficient (Wildman–Crippen LogP) is 1.13. The molecule has 0 aromatic carbocycles. The number of carboxylic acid groups (broad SMARTS) is 1. The van der Waals surface area contributed by atoms with E-state index in [9.17, 15) is 9.59 Å². The molecular weight excluding hydrogens is 258 g/mol. The first-order valence-electron chi connectivity index (χ1n) is 7.29. The van der Waals surface area contributed by atoms with Crippen molar-refractivity contribution in [3.8, 4) is 0 Å². The molecular formula is C14H27N3O3. The summed E-state index contributed by atoms with van der Waals surface area (Å²) < 4.78 is 0. The standard InChI is InChI=1S/C14H27N3O3/c1-4-11(12(18)19)9-15-13(20)16-10-14(2)5-7-17(3)8-6-14/h11H,4-10H2,1-3H3,(H,18,19)(H2,15,16,20). The molecule has 0 aromatic heterocycles. The van der Waals surface area contributed by atoms with E-state index in [4.69, 9.17) is 5.11 Å². The van der Waals surface area contributed by atoms with Gasteiger partial charge in [-0.3, -0.25) is 4.79 Å². The van der Waals surface area contributed by atoms with Crippen LogP contribution in [0.15, 0.2) is 0 Å². The van der Waals surface area contributed by atoms with Gasteiger partial charge in [0.25, 0.3) is 0 Å². The van der Waals surface area contributed by atoms with Crippen LogP contribution in [0.1, 0.15) is 33.1 Å². The second kappa shape index (κ2) is 7.47. The number of amides is 2. The van der Waals surface area contributed by atoms with Crippen LogP contribution in [-0.2, 0) is 4.79 Å². The van der Waals surface area contributed by atoms with Gasteiger partial charge in [-0.1, -0.05) is 13.8 Å². The van der Waals surface area contributed by atoms with Crippen molar-refractivity contribution in [2.45, 2.75) is 33.1 Å². The number of nitrogens with one attached hydrogen (secondary N) is 2. The average molecular weight is 285 g/mol. The van der Waals surface area contributed by atoms with Gasteiger partial charge >= 0.3 is 12.0 Å². The highest BCUT2D eigenvalue weighted by atomic mass is 16.4. The molecule has 2 amide bonds. The normalized spacial score (nSPS) is 20.1. The second-order valence-electron chi connectivity index (χ2n) is 6.12. The molecule has 1 heterocycles. The predicted molar refractivity (Wildman–Crippen MR) is 77.7 cm³/mol. The summed E-state index contributed by atoms with van der Waals surface area (Å²) in [7, 11) is 2.11. The van der Waals surface area contributed by atoms with E-state index in [0.29, 0.717) is 13.0 Å². The lowest BCUT2D eigenvalue weighted by atomic mass is 9.80. The number of urea groups is 1. The lowest BCUT2D eigenvalue weighted by Crippen LogP contribution is -2.47. The Hall–Kier alpha value is -1.30.